The van der Waals surface area contributed by atoms with E-state index < -0.39 is 0 Å². The molecular formula is C15H17N3O. The Balaban J connectivity index is 2.17. The fraction of sp³-hybridized carbons (Fsp3) is 0.333. The molecule has 2 aromatic rings. The summed E-state index contributed by atoms with van der Waals surface area (Å²) in [5.74, 6) is 0.0248. The van der Waals surface area contributed by atoms with E-state index in [-0.39, 0.29) is 5.91 Å². The van der Waals surface area contributed by atoms with Crippen LogP contribution in [0.3, 0.4) is 0 Å². The fourth-order valence-electron chi connectivity index (χ4n) is 2.66. The first-order valence-corrected chi connectivity index (χ1v) is 6.62. The van der Waals surface area contributed by atoms with Crippen molar-refractivity contribution in [1.82, 2.24) is 9.88 Å². The zero-order valence-electron chi connectivity index (χ0n) is 11.0. The van der Waals surface area contributed by atoms with Crippen LogP contribution in [-0.2, 0) is 0 Å². The number of hydrogen-bond acceptors (Lipinski definition) is 3. The molecule has 1 saturated heterocycles. The summed E-state index contributed by atoms with van der Waals surface area (Å²) in [7, 11) is 0. The predicted octanol–water partition coefficient (Wildman–Crippen LogP) is 2.36. The van der Waals surface area contributed by atoms with Gasteiger partial charge in [0, 0.05) is 35.2 Å². The first-order valence-electron chi connectivity index (χ1n) is 6.62. The molecule has 1 aliphatic heterocycles. The Kier molecular flexibility index (Phi) is 2.85. The van der Waals surface area contributed by atoms with Gasteiger partial charge < -0.3 is 10.6 Å². The quantitative estimate of drug-likeness (QED) is 0.796. The van der Waals surface area contributed by atoms with Crippen molar-refractivity contribution in [3.63, 3.8) is 0 Å². The maximum Gasteiger partial charge on any atom is 0.273 e. The molecule has 2 N–H and O–H groups in total. The molecule has 0 spiro atoms. The number of fused-ring (bicyclic) bond motifs is 1. The Morgan fingerprint density at radius 3 is 2.74 bits per heavy atom. The summed E-state index contributed by atoms with van der Waals surface area (Å²) < 4.78 is 0. The average Bonchev–Trinajstić information content (AvgIpc) is 2.92. The summed E-state index contributed by atoms with van der Waals surface area (Å²) in [5, 5.41) is 1.76. The second kappa shape index (κ2) is 4.53. The molecule has 4 heteroatoms. The molecule has 0 bridgehead atoms. The maximum absolute atomic E-state index is 12.5. The zero-order chi connectivity index (χ0) is 13.4. The highest BCUT2D eigenvalue weighted by Crippen LogP contribution is 2.25. The summed E-state index contributed by atoms with van der Waals surface area (Å²) in [5.41, 5.74) is 8.05. The molecule has 0 unspecified atom stereocenters. The van der Waals surface area contributed by atoms with Crippen LogP contribution < -0.4 is 5.73 Å². The normalized spacial score (nSPS) is 15.1. The lowest BCUT2D eigenvalue weighted by molar-refractivity contribution is 0.0789. The highest BCUT2D eigenvalue weighted by atomic mass is 16.2. The van der Waals surface area contributed by atoms with Gasteiger partial charge in [0.2, 0.25) is 0 Å². The summed E-state index contributed by atoms with van der Waals surface area (Å²) >= 11 is 0. The van der Waals surface area contributed by atoms with Gasteiger partial charge >= 0.3 is 0 Å². The smallest absolute Gasteiger partial charge is 0.273 e. The molecule has 0 saturated carbocycles. The van der Waals surface area contributed by atoms with E-state index in [1.165, 1.54) is 0 Å². The molecular weight excluding hydrogens is 238 g/mol. The van der Waals surface area contributed by atoms with Crippen molar-refractivity contribution >= 4 is 22.4 Å². The Hall–Kier alpha value is -2.10. The molecule has 98 valence electrons. The Morgan fingerprint density at radius 1 is 1.26 bits per heavy atom. The Morgan fingerprint density at radius 2 is 2.00 bits per heavy atom. The number of pyridine rings is 1. The molecule has 1 aromatic carbocycles. The lowest BCUT2D eigenvalue weighted by Crippen LogP contribution is -2.28. The molecule has 0 radical (unpaired) electrons. The average molecular weight is 255 g/mol. The lowest BCUT2D eigenvalue weighted by Gasteiger charge is -2.16. The number of carbonyl (C=O) groups excluding carboxylic acids is 1. The monoisotopic (exact) mass is 255 g/mol. The summed E-state index contributed by atoms with van der Waals surface area (Å²) in [6.07, 6.45) is 2.16. The number of rotatable bonds is 1. The van der Waals surface area contributed by atoms with Crippen molar-refractivity contribution in [1.29, 1.82) is 0 Å². The number of amides is 1. The number of aryl methyl sites for hydroxylation is 1. The van der Waals surface area contributed by atoms with E-state index in [1.807, 2.05) is 36.1 Å². The molecule has 19 heavy (non-hydrogen) atoms. The predicted molar refractivity (Wildman–Crippen MR) is 76.0 cm³/mol. The molecule has 3 rings (SSSR count). The van der Waals surface area contributed by atoms with Crippen molar-refractivity contribution < 1.29 is 4.79 Å². The van der Waals surface area contributed by atoms with E-state index in [0.29, 0.717) is 11.4 Å². The van der Waals surface area contributed by atoms with E-state index in [0.717, 1.165) is 42.4 Å². The number of nitrogens with two attached hydrogens (primary N) is 1. The van der Waals surface area contributed by atoms with Crippen LogP contribution in [0.25, 0.3) is 10.8 Å². The highest BCUT2D eigenvalue weighted by Gasteiger charge is 2.22. The van der Waals surface area contributed by atoms with Crippen LogP contribution in [0.15, 0.2) is 24.3 Å². The zero-order valence-corrected chi connectivity index (χ0v) is 11.0. The minimum Gasteiger partial charge on any atom is -0.398 e. The number of benzene rings is 1. The molecule has 0 aliphatic carbocycles. The van der Waals surface area contributed by atoms with Gasteiger partial charge in [0.15, 0.2) is 0 Å². The molecule has 4 nitrogen and oxygen atoms in total. The minimum absolute atomic E-state index is 0.0248. The van der Waals surface area contributed by atoms with Gasteiger partial charge in [-0.15, -0.1) is 0 Å². The molecule has 1 fully saturated rings. The Labute approximate surface area is 112 Å². The van der Waals surface area contributed by atoms with Crippen LogP contribution >= 0.6 is 0 Å². The van der Waals surface area contributed by atoms with Crippen LogP contribution in [0, 0.1) is 6.92 Å². The lowest BCUT2D eigenvalue weighted by atomic mass is 10.1. The Bertz CT molecular complexity index is 645. The minimum atomic E-state index is 0.0248. The summed E-state index contributed by atoms with van der Waals surface area (Å²) in [4.78, 5) is 18.9. The number of hydrogen-bond donors (Lipinski definition) is 1. The third kappa shape index (κ3) is 2.03. The molecule has 1 amide bonds. The third-order valence-electron chi connectivity index (χ3n) is 3.63. The highest BCUT2D eigenvalue weighted by molar-refractivity contribution is 6.08. The fourth-order valence-corrected chi connectivity index (χ4v) is 2.66. The number of aromatic nitrogens is 1. The van der Waals surface area contributed by atoms with E-state index in [9.17, 15) is 4.79 Å². The number of carbonyl (C=O) groups is 1. The van der Waals surface area contributed by atoms with E-state index in [1.54, 1.807) is 0 Å². The van der Waals surface area contributed by atoms with Crippen molar-refractivity contribution in [3.05, 3.63) is 35.7 Å². The molecule has 0 atom stereocenters. The van der Waals surface area contributed by atoms with Gasteiger partial charge in [-0.1, -0.05) is 12.1 Å². The van der Waals surface area contributed by atoms with E-state index in [2.05, 4.69) is 4.98 Å². The van der Waals surface area contributed by atoms with Gasteiger partial charge in [0.25, 0.3) is 5.91 Å². The second-order valence-electron chi connectivity index (χ2n) is 5.05. The van der Waals surface area contributed by atoms with Crippen LogP contribution in [0.4, 0.5) is 5.69 Å². The number of nitrogen functional groups attached to an aromatic ring is 1. The van der Waals surface area contributed by atoms with Gasteiger partial charge in [-0.05, 0) is 31.9 Å². The largest absolute Gasteiger partial charge is 0.398 e. The van der Waals surface area contributed by atoms with Gasteiger partial charge in [-0.2, -0.15) is 0 Å². The van der Waals surface area contributed by atoms with Crippen molar-refractivity contribution in [3.8, 4) is 0 Å². The maximum atomic E-state index is 12.5. The number of anilines is 1. The van der Waals surface area contributed by atoms with Crippen LogP contribution in [-0.4, -0.2) is 28.9 Å². The van der Waals surface area contributed by atoms with Crippen LogP contribution in [0.2, 0.25) is 0 Å². The van der Waals surface area contributed by atoms with E-state index in [4.69, 9.17) is 5.73 Å². The van der Waals surface area contributed by atoms with Gasteiger partial charge in [-0.25, -0.2) is 4.98 Å². The number of nitrogens with zero attached hydrogens (tertiary/aromatic N) is 2. The van der Waals surface area contributed by atoms with Gasteiger partial charge in [0.1, 0.15) is 5.69 Å². The summed E-state index contributed by atoms with van der Waals surface area (Å²) in [6.45, 7) is 3.56. The van der Waals surface area contributed by atoms with Crippen LogP contribution in [0.1, 0.15) is 29.0 Å². The molecule has 2 heterocycles. The van der Waals surface area contributed by atoms with Crippen molar-refractivity contribution in [2.24, 2.45) is 0 Å². The molecule has 1 aliphatic rings. The third-order valence-corrected chi connectivity index (χ3v) is 3.63. The number of likely N-dealkylation sites (tertiary alicyclic amines) is 1. The van der Waals surface area contributed by atoms with E-state index >= 15 is 0 Å². The second-order valence-corrected chi connectivity index (χ2v) is 5.05. The van der Waals surface area contributed by atoms with Gasteiger partial charge in [-0.3, -0.25) is 4.79 Å². The topological polar surface area (TPSA) is 59.2 Å². The first-order chi connectivity index (χ1) is 9.16. The van der Waals surface area contributed by atoms with Crippen molar-refractivity contribution in [2.75, 3.05) is 18.8 Å². The standard InChI is InChI=1S/C15H17N3O/c1-10-9-12-11(5-4-6-13(12)16)14(17-10)15(19)18-7-2-3-8-18/h4-6,9H,2-3,7-8,16H2,1H3. The molecule has 1 aromatic heterocycles. The summed E-state index contributed by atoms with van der Waals surface area (Å²) in [6, 6.07) is 7.58. The van der Waals surface area contributed by atoms with Crippen molar-refractivity contribution in [2.45, 2.75) is 19.8 Å². The SMILES string of the molecule is Cc1cc2c(N)cccc2c(C(=O)N2CCCC2)n1. The first kappa shape index (κ1) is 12.0. The van der Waals surface area contributed by atoms with Crippen LogP contribution in [0.5, 0.6) is 0 Å². The van der Waals surface area contributed by atoms with Gasteiger partial charge in [0.05, 0.1) is 0 Å².